The molecule has 2 unspecified atom stereocenters. The first-order valence-corrected chi connectivity index (χ1v) is 6.63. The molecular weight excluding hydrogens is 263 g/mol. The van der Waals surface area contributed by atoms with Crippen molar-refractivity contribution in [1.82, 2.24) is 0 Å². The highest BCUT2D eigenvalue weighted by atomic mass is 19.1. The van der Waals surface area contributed by atoms with Crippen molar-refractivity contribution in [2.24, 2.45) is 5.92 Å². The van der Waals surface area contributed by atoms with E-state index in [2.05, 4.69) is 0 Å². The van der Waals surface area contributed by atoms with Gasteiger partial charge in [-0.3, -0.25) is 9.59 Å². The van der Waals surface area contributed by atoms with Gasteiger partial charge < -0.3 is 9.47 Å². The van der Waals surface area contributed by atoms with Crippen molar-refractivity contribution in [2.45, 2.75) is 25.9 Å². The molecule has 0 N–H and O–H groups in total. The number of hydrogen-bond acceptors (Lipinski definition) is 4. The third kappa shape index (κ3) is 3.87. The molecule has 1 fully saturated rings. The molecule has 1 aromatic rings. The van der Waals surface area contributed by atoms with E-state index in [1.165, 1.54) is 24.3 Å². The smallest absolute Gasteiger partial charge is 0.309 e. The molecule has 1 heterocycles. The van der Waals surface area contributed by atoms with Crippen LogP contribution in [0.4, 0.5) is 4.39 Å². The standard InChI is InChI=1S/C15H17FO4/c1-10(15(18)20-13-5-6-19-9-13)7-14(17)11-3-2-4-12(16)8-11/h2-4,8,10,13H,5-7,9H2,1H3. The minimum atomic E-state index is -0.550. The Morgan fingerprint density at radius 3 is 2.95 bits per heavy atom. The molecule has 2 atom stereocenters. The van der Waals surface area contributed by atoms with E-state index >= 15 is 0 Å². The Labute approximate surface area is 116 Å². The maximum absolute atomic E-state index is 13.0. The molecule has 2 rings (SSSR count). The van der Waals surface area contributed by atoms with Crippen molar-refractivity contribution in [3.8, 4) is 0 Å². The third-order valence-electron chi connectivity index (χ3n) is 3.21. The summed E-state index contributed by atoms with van der Waals surface area (Å²) in [5.41, 5.74) is 0.272. The zero-order valence-corrected chi connectivity index (χ0v) is 11.3. The Morgan fingerprint density at radius 1 is 1.50 bits per heavy atom. The molecule has 1 aliphatic heterocycles. The molecule has 0 radical (unpaired) electrons. The first-order valence-electron chi connectivity index (χ1n) is 6.63. The number of ether oxygens (including phenoxy) is 2. The molecule has 1 saturated heterocycles. The summed E-state index contributed by atoms with van der Waals surface area (Å²) in [7, 11) is 0. The number of esters is 1. The minimum absolute atomic E-state index is 0.00979. The van der Waals surface area contributed by atoms with Crippen LogP contribution in [-0.2, 0) is 14.3 Å². The summed E-state index contributed by atoms with van der Waals surface area (Å²) >= 11 is 0. The summed E-state index contributed by atoms with van der Waals surface area (Å²) in [6, 6.07) is 5.45. The number of carbonyl (C=O) groups excluding carboxylic acids is 2. The summed E-state index contributed by atoms with van der Waals surface area (Å²) < 4.78 is 23.4. The van der Waals surface area contributed by atoms with Crippen molar-refractivity contribution in [3.05, 3.63) is 35.6 Å². The summed E-state index contributed by atoms with van der Waals surface area (Å²) in [5.74, 6) is -1.69. The van der Waals surface area contributed by atoms with Crippen LogP contribution in [0, 0.1) is 11.7 Å². The number of halogens is 1. The van der Waals surface area contributed by atoms with Gasteiger partial charge in [0.05, 0.1) is 19.1 Å². The lowest BCUT2D eigenvalue weighted by Gasteiger charge is -2.14. The Bertz CT molecular complexity index is 494. The van der Waals surface area contributed by atoms with Gasteiger partial charge in [0, 0.05) is 18.4 Å². The second kappa shape index (κ2) is 6.61. The van der Waals surface area contributed by atoms with Crippen LogP contribution in [0.15, 0.2) is 24.3 Å². The van der Waals surface area contributed by atoms with Crippen LogP contribution in [-0.4, -0.2) is 31.1 Å². The van der Waals surface area contributed by atoms with Crippen molar-refractivity contribution in [2.75, 3.05) is 13.2 Å². The van der Waals surface area contributed by atoms with Gasteiger partial charge in [-0.2, -0.15) is 0 Å². The Balaban J connectivity index is 1.88. The number of carbonyl (C=O) groups is 2. The molecule has 0 aliphatic carbocycles. The molecular formula is C15H17FO4. The second-order valence-corrected chi connectivity index (χ2v) is 4.96. The molecule has 0 aromatic heterocycles. The van der Waals surface area contributed by atoms with Crippen LogP contribution in [0.5, 0.6) is 0 Å². The lowest BCUT2D eigenvalue weighted by Crippen LogP contribution is -2.24. The maximum Gasteiger partial charge on any atom is 0.309 e. The first-order chi connectivity index (χ1) is 9.56. The Morgan fingerprint density at radius 2 is 2.30 bits per heavy atom. The lowest BCUT2D eigenvalue weighted by molar-refractivity contribution is -0.153. The van der Waals surface area contributed by atoms with Crippen molar-refractivity contribution in [1.29, 1.82) is 0 Å². The number of rotatable bonds is 5. The number of Topliss-reactive ketones (excluding diaryl/α,β-unsaturated/α-hetero) is 1. The molecule has 1 aliphatic rings. The van der Waals surface area contributed by atoms with Crippen LogP contribution in [0.25, 0.3) is 0 Å². The summed E-state index contributed by atoms with van der Waals surface area (Å²) in [4.78, 5) is 23.8. The van der Waals surface area contributed by atoms with Crippen LogP contribution in [0.3, 0.4) is 0 Å². The summed E-state index contributed by atoms with van der Waals surface area (Å²) in [6.45, 7) is 2.64. The average molecular weight is 280 g/mol. The average Bonchev–Trinajstić information content (AvgIpc) is 2.91. The molecule has 1 aromatic carbocycles. The van der Waals surface area contributed by atoms with E-state index in [4.69, 9.17) is 9.47 Å². The van der Waals surface area contributed by atoms with Gasteiger partial charge in [0.1, 0.15) is 11.9 Å². The number of hydrogen-bond donors (Lipinski definition) is 0. The van der Waals surface area contributed by atoms with Gasteiger partial charge >= 0.3 is 5.97 Å². The van der Waals surface area contributed by atoms with Gasteiger partial charge in [-0.25, -0.2) is 4.39 Å². The maximum atomic E-state index is 13.0. The fraction of sp³-hybridized carbons (Fsp3) is 0.467. The molecule has 5 heteroatoms. The van der Waals surface area contributed by atoms with Crippen LogP contribution < -0.4 is 0 Å². The molecule has 0 saturated carbocycles. The molecule has 20 heavy (non-hydrogen) atoms. The quantitative estimate of drug-likeness (QED) is 0.614. The van der Waals surface area contributed by atoms with E-state index in [-0.39, 0.29) is 23.9 Å². The summed E-state index contributed by atoms with van der Waals surface area (Å²) in [6.07, 6.45) is 0.487. The zero-order chi connectivity index (χ0) is 14.5. The van der Waals surface area contributed by atoms with Crippen LogP contribution in [0.2, 0.25) is 0 Å². The molecule has 108 valence electrons. The van der Waals surface area contributed by atoms with E-state index in [1.54, 1.807) is 6.92 Å². The van der Waals surface area contributed by atoms with Crippen molar-refractivity contribution in [3.63, 3.8) is 0 Å². The fourth-order valence-corrected chi connectivity index (χ4v) is 2.03. The lowest BCUT2D eigenvalue weighted by atomic mass is 10.00. The fourth-order valence-electron chi connectivity index (χ4n) is 2.03. The highest BCUT2D eigenvalue weighted by molar-refractivity contribution is 5.98. The normalized spacial score (nSPS) is 19.6. The van der Waals surface area contributed by atoms with Crippen molar-refractivity contribution >= 4 is 11.8 Å². The van der Waals surface area contributed by atoms with E-state index in [0.717, 1.165) is 0 Å². The molecule has 0 amide bonds. The minimum Gasteiger partial charge on any atom is -0.460 e. The van der Waals surface area contributed by atoms with Gasteiger partial charge in [-0.15, -0.1) is 0 Å². The largest absolute Gasteiger partial charge is 0.460 e. The highest BCUT2D eigenvalue weighted by Crippen LogP contribution is 2.16. The van der Waals surface area contributed by atoms with Crippen molar-refractivity contribution < 1.29 is 23.5 Å². The Kier molecular flexibility index (Phi) is 4.84. The number of ketones is 1. The monoisotopic (exact) mass is 280 g/mol. The first kappa shape index (κ1) is 14.7. The predicted octanol–water partition coefficient (Wildman–Crippen LogP) is 2.37. The molecule has 4 nitrogen and oxygen atoms in total. The Hall–Kier alpha value is -1.75. The van der Waals surface area contributed by atoms with Gasteiger partial charge in [-0.05, 0) is 12.1 Å². The van der Waals surface area contributed by atoms with Gasteiger partial charge in [0.25, 0.3) is 0 Å². The predicted molar refractivity (Wildman–Crippen MR) is 69.8 cm³/mol. The van der Waals surface area contributed by atoms with Crippen LogP contribution in [0.1, 0.15) is 30.1 Å². The zero-order valence-electron chi connectivity index (χ0n) is 11.3. The SMILES string of the molecule is CC(CC(=O)c1cccc(F)c1)C(=O)OC1CCOC1. The number of benzene rings is 1. The van der Waals surface area contributed by atoms with E-state index in [9.17, 15) is 14.0 Å². The third-order valence-corrected chi connectivity index (χ3v) is 3.21. The highest BCUT2D eigenvalue weighted by Gasteiger charge is 2.25. The van der Waals surface area contributed by atoms with Gasteiger partial charge in [0.2, 0.25) is 0 Å². The van der Waals surface area contributed by atoms with E-state index in [0.29, 0.717) is 19.6 Å². The van der Waals surface area contributed by atoms with E-state index in [1.807, 2.05) is 0 Å². The van der Waals surface area contributed by atoms with Gasteiger partial charge in [0.15, 0.2) is 5.78 Å². The van der Waals surface area contributed by atoms with E-state index < -0.39 is 17.7 Å². The molecule has 0 bridgehead atoms. The topological polar surface area (TPSA) is 52.6 Å². The molecule has 0 spiro atoms. The second-order valence-electron chi connectivity index (χ2n) is 4.96. The van der Waals surface area contributed by atoms with Gasteiger partial charge in [-0.1, -0.05) is 19.1 Å². The summed E-state index contributed by atoms with van der Waals surface area (Å²) in [5, 5.41) is 0. The van der Waals surface area contributed by atoms with Crippen LogP contribution >= 0.6 is 0 Å².